The van der Waals surface area contributed by atoms with Gasteiger partial charge in [0.15, 0.2) is 9.84 Å². The van der Waals surface area contributed by atoms with Crippen molar-refractivity contribution in [2.45, 2.75) is 4.90 Å². The molecule has 3 rings (SSSR count). The van der Waals surface area contributed by atoms with Crippen molar-refractivity contribution in [3.05, 3.63) is 46.4 Å². The first-order valence-corrected chi connectivity index (χ1v) is 9.63. The first-order valence-electron chi connectivity index (χ1n) is 6.98. The van der Waals surface area contributed by atoms with Crippen molar-refractivity contribution in [2.24, 2.45) is 0 Å². The molecular weight excluding hydrogens is 385 g/mol. The van der Waals surface area contributed by atoms with Crippen LogP contribution in [0.1, 0.15) is 0 Å². The molecule has 7 nitrogen and oxygen atoms in total. The second kappa shape index (κ2) is 6.55. The Morgan fingerprint density at radius 3 is 2.40 bits per heavy atom. The van der Waals surface area contributed by atoms with E-state index in [1.807, 2.05) is 0 Å². The molecule has 10 heteroatoms. The lowest BCUT2D eigenvalue weighted by molar-refractivity contribution is 0.602. The monoisotopic (exact) mass is 397 g/mol. The Balaban J connectivity index is 2.01. The van der Waals surface area contributed by atoms with Crippen LogP contribution in [0.5, 0.6) is 0 Å². The van der Waals surface area contributed by atoms with E-state index in [4.69, 9.17) is 28.9 Å². The van der Waals surface area contributed by atoms with Gasteiger partial charge in [0.25, 0.3) is 0 Å². The molecule has 0 spiro atoms. The highest BCUT2D eigenvalue weighted by Crippen LogP contribution is 2.38. The van der Waals surface area contributed by atoms with Crippen LogP contribution in [0.25, 0.3) is 11.1 Å². The summed E-state index contributed by atoms with van der Waals surface area (Å²) in [6.07, 6.45) is 1.14. The number of anilines is 3. The van der Waals surface area contributed by atoms with Crippen molar-refractivity contribution in [1.29, 1.82) is 0 Å². The predicted molar refractivity (Wildman–Crippen MR) is 99.1 cm³/mol. The lowest BCUT2D eigenvalue weighted by atomic mass is 10.1. The van der Waals surface area contributed by atoms with E-state index in [0.29, 0.717) is 26.9 Å². The Labute approximate surface area is 154 Å². The molecule has 0 saturated carbocycles. The molecule has 1 heterocycles. The molecule has 0 fully saturated rings. The number of benzene rings is 2. The summed E-state index contributed by atoms with van der Waals surface area (Å²) in [6.45, 7) is 0. The maximum absolute atomic E-state index is 11.7. The number of nitrogens with one attached hydrogen (secondary N) is 2. The quantitative estimate of drug-likeness (QED) is 0.620. The minimum atomic E-state index is -3.34. The number of halogens is 2. The van der Waals surface area contributed by atoms with Gasteiger partial charge in [0.05, 0.1) is 14.9 Å². The number of nitrogens with zero attached hydrogens (tertiary/aromatic N) is 2. The van der Waals surface area contributed by atoms with Crippen molar-refractivity contribution in [1.82, 2.24) is 15.2 Å². The molecule has 4 N–H and O–H groups in total. The number of nitrogen functional groups attached to an aromatic ring is 1. The Morgan fingerprint density at radius 1 is 1.16 bits per heavy atom. The largest absolute Gasteiger partial charge is 0.368 e. The van der Waals surface area contributed by atoms with Crippen LogP contribution in [-0.2, 0) is 9.84 Å². The highest BCUT2D eigenvalue weighted by molar-refractivity contribution is 7.90. The average Bonchev–Trinajstić information content (AvgIpc) is 2.91. The van der Waals surface area contributed by atoms with Gasteiger partial charge in [0.2, 0.25) is 11.9 Å². The maximum Gasteiger partial charge on any atom is 0.248 e. The van der Waals surface area contributed by atoms with Crippen LogP contribution in [0.15, 0.2) is 41.3 Å². The van der Waals surface area contributed by atoms with Gasteiger partial charge in [-0.3, -0.25) is 0 Å². The van der Waals surface area contributed by atoms with Gasteiger partial charge in [-0.15, -0.1) is 5.10 Å². The molecule has 3 aromatic rings. The summed E-state index contributed by atoms with van der Waals surface area (Å²) in [5.41, 5.74) is 7.18. The number of H-pyrrole nitrogens is 1. The van der Waals surface area contributed by atoms with Gasteiger partial charge < -0.3 is 11.1 Å². The number of rotatable bonds is 4. The molecule has 2 aromatic carbocycles. The van der Waals surface area contributed by atoms with Gasteiger partial charge in [-0.1, -0.05) is 35.3 Å². The van der Waals surface area contributed by atoms with Crippen LogP contribution in [0, 0.1) is 0 Å². The number of nitrogens with two attached hydrogens (primary N) is 1. The first-order chi connectivity index (χ1) is 11.7. The first kappa shape index (κ1) is 17.5. The number of sulfone groups is 1. The lowest BCUT2D eigenvalue weighted by Crippen LogP contribution is -1.97. The highest BCUT2D eigenvalue weighted by Gasteiger charge is 2.14. The van der Waals surface area contributed by atoms with Gasteiger partial charge in [-0.2, -0.15) is 4.98 Å². The van der Waals surface area contributed by atoms with Gasteiger partial charge in [0.1, 0.15) is 0 Å². The summed E-state index contributed by atoms with van der Waals surface area (Å²) >= 11 is 12.7. The molecule has 0 aliphatic heterocycles. The van der Waals surface area contributed by atoms with Crippen molar-refractivity contribution >= 4 is 50.6 Å². The van der Waals surface area contributed by atoms with Crippen LogP contribution in [0.4, 0.5) is 17.6 Å². The molecule has 0 bridgehead atoms. The third-order valence-corrected chi connectivity index (χ3v) is 5.06. The summed E-state index contributed by atoms with van der Waals surface area (Å²) in [5.74, 6) is 0.449. The van der Waals surface area contributed by atoms with Crippen LogP contribution in [-0.4, -0.2) is 29.9 Å². The topological polar surface area (TPSA) is 114 Å². The van der Waals surface area contributed by atoms with Gasteiger partial charge >= 0.3 is 0 Å². The van der Waals surface area contributed by atoms with Crippen molar-refractivity contribution in [3.8, 4) is 11.1 Å². The molecule has 0 saturated heterocycles. The van der Waals surface area contributed by atoms with Crippen LogP contribution < -0.4 is 11.1 Å². The maximum atomic E-state index is 11.7. The Morgan fingerprint density at radius 2 is 1.84 bits per heavy atom. The molecule has 0 amide bonds. The van der Waals surface area contributed by atoms with E-state index in [2.05, 4.69) is 20.5 Å². The number of hydrogen-bond donors (Lipinski definition) is 3. The second-order valence-electron chi connectivity index (χ2n) is 5.28. The summed E-state index contributed by atoms with van der Waals surface area (Å²) in [4.78, 5) is 4.12. The third kappa shape index (κ3) is 3.87. The summed E-state index contributed by atoms with van der Waals surface area (Å²) in [7, 11) is -3.34. The van der Waals surface area contributed by atoms with Gasteiger partial charge in [-0.25, -0.2) is 13.5 Å². The fourth-order valence-electron chi connectivity index (χ4n) is 2.26. The molecule has 0 atom stereocenters. The van der Waals surface area contributed by atoms with E-state index in [1.54, 1.807) is 24.3 Å². The lowest BCUT2D eigenvalue weighted by Gasteiger charge is -2.11. The zero-order chi connectivity index (χ0) is 18.2. The van der Waals surface area contributed by atoms with E-state index >= 15 is 0 Å². The van der Waals surface area contributed by atoms with E-state index in [1.165, 1.54) is 12.1 Å². The normalized spacial score (nSPS) is 11.5. The Hall–Kier alpha value is -2.29. The van der Waals surface area contributed by atoms with Crippen molar-refractivity contribution in [3.63, 3.8) is 0 Å². The Kier molecular flexibility index (Phi) is 4.59. The van der Waals surface area contributed by atoms with Gasteiger partial charge in [-0.05, 0) is 29.8 Å². The van der Waals surface area contributed by atoms with E-state index in [-0.39, 0.29) is 16.8 Å². The van der Waals surface area contributed by atoms with Crippen LogP contribution in [0.2, 0.25) is 10.0 Å². The highest BCUT2D eigenvalue weighted by atomic mass is 35.5. The smallest absolute Gasteiger partial charge is 0.248 e. The van der Waals surface area contributed by atoms with Crippen LogP contribution >= 0.6 is 23.2 Å². The molecule has 0 aliphatic rings. The third-order valence-electron chi connectivity index (χ3n) is 3.35. The fraction of sp³-hybridized carbons (Fsp3) is 0.0667. The molecule has 0 radical (unpaired) electrons. The minimum absolute atomic E-state index is 0.175. The van der Waals surface area contributed by atoms with E-state index in [9.17, 15) is 8.42 Å². The molecule has 0 aliphatic carbocycles. The Bertz CT molecular complexity index is 1030. The van der Waals surface area contributed by atoms with E-state index in [0.717, 1.165) is 6.26 Å². The number of aromatic amines is 1. The standard InChI is InChI=1S/C15H13Cl2N5O2S/c1-25(23,24)10-4-2-3-8(5-10)13-11(16)6-9(7-12(13)17)19-15-20-14(18)21-22-15/h2-7H,1H3,(H4,18,19,20,21,22). The summed E-state index contributed by atoms with van der Waals surface area (Å²) in [6, 6.07) is 9.71. The van der Waals surface area contributed by atoms with Crippen molar-refractivity contribution in [2.75, 3.05) is 17.3 Å². The van der Waals surface area contributed by atoms with Crippen molar-refractivity contribution < 1.29 is 8.42 Å². The average molecular weight is 398 g/mol. The van der Waals surface area contributed by atoms with Crippen LogP contribution in [0.3, 0.4) is 0 Å². The minimum Gasteiger partial charge on any atom is -0.368 e. The van der Waals surface area contributed by atoms with Gasteiger partial charge in [0, 0.05) is 17.5 Å². The zero-order valence-electron chi connectivity index (χ0n) is 12.9. The molecule has 0 unspecified atom stereocenters. The second-order valence-corrected chi connectivity index (χ2v) is 8.11. The fourth-order valence-corrected chi connectivity index (χ4v) is 3.63. The summed E-state index contributed by atoms with van der Waals surface area (Å²) in [5, 5.41) is 10.00. The summed E-state index contributed by atoms with van der Waals surface area (Å²) < 4.78 is 23.5. The molecule has 1 aromatic heterocycles. The molecule has 130 valence electrons. The number of aromatic nitrogens is 3. The molecule has 25 heavy (non-hydrogen) atoms. The predicted octanol–water partition coefficient (Wildman–Crippen LogP) is 3.51. The van der Waals surface area contributed by atoms with E-state index < -0.39 is 9.84 Å². The zero-order valence-corrected chi connectivity index (χ0v) is 15.2. The number of hydrogen-bond acceptors (Lipinski definition) is 6. The molecular formula is C15H13Cl2N5O2S. The SMILES string of the molecule is CS(=O)(=O)c1cccc(-c2c(Cl)cc(Nc3n[nH]c(N)n3)cc2Cl)c1.